The fourth-order valence-electron chi connectivity index (χ4n) is 1.90. The molecule has 134 valence electrons. The van der Waals surface area contributed by atoms with Gasteiger partial charge in [-0.15, -0.1) is 4.40 Å². The Kier molecular flexibility index (Phi) is 5.41. The van der Waals surface area contributed by atoms with Gasteiger partial charge in [0.1, 0.15) is 12.7 Å². The Morgan fingerprint density at radius 1 is 1.46 bits per heavy atom. The van der Waals surface area contributed by atoms with Gasteiger partial charge in [-0.2, -0.15) is 13.4 Å². The maximum absolute atomic E-state index is 11.2. The number of aromatic nitrogens is 2. The molecule has 0 bridgehead atoms. The van der Waals surface area contributed by atoms with E-state index in [2.05, 4.69) is 24.1 Å². The lowest BCUT2D eigenvalue weighted by Crippen LogP contribution is -2.32. The summed E-state index contributed by atoms with van der Waals surface area (Å²) in [5.74, 6) is -0.325. The normalized spacial score (nSPS) is 19.4. The number of nitrogens with zero attached hydrogens (tertiary/aromatic N) is 4. The Labute approximate surface area is 139 Å². The molecule has 11 nitrogen and oxygen atoms in total. The molecule has 0 amide bonds. The summed E-state index contributed by atoms with van der Waals surface area (Å²) in [4.78, 5) is 13.1. The molecular weight excluding hydrogens is 338 g/mol. The molecule has 0 aliphatic carbocycles. The first-order valence-corrected chi connectivity index (χ1v) is 8.54. The molecule has 0 spiro atoms. The van der Waals surface area contributed by atoms with Crippen molar-refractivity contribution < 1.29 is 18.3 Å². The minimum absolute atomic E-state index is 0.0606. The first kappa shape index (κ1) is 18.2. The van der Waals surface area contributed by atoms with Crippen LogP contribution < -0.4 is 15.2 Å². The zero-order chi connectivity index (χ0) is 17.9. The molecule has 2 heterocycles. The van der Waals surface area contributed by atoms with Crippen molar-refractivity contribution in [1.29, 1.82) is 0 Å². The molecule has 1 aliphatic rings. The summed E-state index contributed by atoms with van der Waals surface area (Å²) in [5, 5.41) is 9.87. The Balaban J connectivity index is 1.86. The third-order valence-electron chi connectivity index (χ3n) is 2.99. The van der Waals surface area contributed by atoms with Crippen LogP contribution in [0.15, 0.2) is 9.39 Å². The molecule has 0 radical (unpaired) electrons. The van der Waals surface area contributed by atoms with E-state index >= 15 is 0 Å². The van der Waals surface area contributed by atoms with Crippen LogP contribution in [0.25, 0.3) is 0 Å². The van der Waals surface area contributed by atoms with Crippen LogP contribution in [0.2, 0.25) is 0 Å². The topological polar surface area (TPSA) is 158 Å². The van der Waals surface area contributed by atoms with Gasteiger partial charge >= 0.3 is 10.2 Å². The van der Waals surface area contributed by atoms with E-state index in [-0.39, 0.29) is 24.8 Å². The standard InChI is InChI=1S/C12H21N7O4S/c1-7-9(5-19(2)3)16-12(15-7)23-6-8(20)4-14-11-10(13)17-24(21,22)18-11/h8,20H,4-6H2,1-3H3,(H2,13,17)(H,14,18)(H,15,16). The Hall–Kier alpha value is -2.18. The minimum Gasteiger partial charge on any atom is -0.462 e. The average Bonchev–Trinajstić information content (AvgIpc) is 2.92. The number of aryl methyl sites for hydroxylation is 1. The number of amidine groups is 2. The second-order valence-corrected chi connectivity index (χ2v) is 6.90. The number of imidazole rings is 1. The fourth-order valence-corrected chi connectivity index (χ4v) is 2.70. The Morgan fingerprint density at radius 3 is 2.75 bits per heavy atom. The van der Waals surface area contributed by atoms with Crippen molar-refractivity contribution in [1.82, 2.24) is 19.6 Å². The molecule has 0 saturated heterocycles. The number of hydrogen-bond acceptors (Lipinski definition) is 8. The summed E-state index contributed by atoms with van der Waals surface area (Å²) in [6, 6.07) is 0.304. The molecule has 1 aromatic rings. The van der Waals surface area contributed by atoms with Crippen molar-refractivity contribution in [2.75, 3.05) is 27.2 Å². The number of aromatic amines is 1. The number of H-pyrrole nitrogens is 1. The van der Waals surface area contributed by atoms with Gasteiger partial charge in [0.15, 0.2) is 11.7 Å². The van der Waals surface area contributed by atoms with Gasteiger partial charge in [0, 0.05) is 12.2 Å². The molecule has 1 aliphatic heterocycles. The highest BCUT2D eigenvalue weighted by molar-refractivity contribution is 7.89. The number of rotatable bonds is 7. The van der Waals surface area contributed by atoms with Crippen LogP contribution in [-0.4, -0.2) is 73.4 Å². The summed E-state index contributed by atoms with van der Waals surface area (Å²) in [6.07, 6.45) is -0.960. The molecule has 12 heteroatoms. The van der Waals surface area contributed by atoms with Crippen molar-refractivity contribution in [3.05, 3.63) is 11.4 Å². The maximum Gasteiger partial charge on any atom is 0.345 e. The number of nitrogens with one attached hydrogen (secondary N) is 2. The fraction of sp³-hybridized carbons (Fsp3) is 0.583. The Morgan fingerprint density at radius 2 is 2.17 bits per heavy atom. The highest BCUT2D eigenvalue weighted by atomic mass is 32.2. The van der Waals surface area contributed by atoms with Gasteiger partial charge < -0.3 is 25.5 Å². The van der Waals surface area contributed by atoms with E-state index in [1.165, 1.54) is 0 Å². The Bertz CT molecular complexity index is 753. The summed E-state index contributed by atoms with van der Waals surface area (Å²) < 4.78 is 33.0. The second kappa shape index (κ2) is 7.15. The molecule has 1 atom stereocenters. The summed E-state index contributed by atoms with van der Waals surface area (Å²) in [7, 11) is 0.0592. The smallest absolute Gasteiger partial charge is 0.345 e. The first-order valence-electron chi connectivity index (χ1n) is 7.10. The van der Waals surface area contributed by atoms with Crippen molar-refractivity contribution in [2.24, 2.45) is 15.1 Å². The van der Waals surface area contributed by atoms with Gasteiger partial charge in [0.05, 0.1) is 12.2 Å². The van der Waals surface area contributed by atoms with Gasteiger partial charge in [0.2, 0.25) is 0 Å². The van der Waals surface area contributed by atoms with E-state index in [0.717, 1.165) is 11.4 Å². The van der Waals surface area contributed by atoms with E-state index in [4.69, 9.17) is 10.5 Å². The van der Waals surface area contributed by atoms with E-state index in [1.54, 1.807) is 0 Å². The van der Waals surface area contributed by atoms with Crippen molar-refractivity contribution in [2.45, 2.75) is 19.6 Å². The average molecular weight is 359 g/mol. The van der Waals surface area contributed by atoms with Crippen molar-refractivity contribution >= 4 is 21.9 Å². The van der Waals surface area contributed by atoms with Crippen LogP contribution in [0, 0.1) is 6.92 Å². The SMILES string of the molecule is Cc1[nH]c(OCC(O)CN=C2NS(=O)(=O)N=C2N)nc1CN(C)C. The van der Waals surface area contributed by atoms with Gasteiger partial charge in [-0.05, 0) is 21.0 Å². The van der Waals surface area contributed by atoms with E-state index in [1.807, 2.05) is 25.9 Å². The summed E-state index contributed by atoms with van der Waals surface area (Å²) >= 11 is 0. The molecule has 0 saturated carbocycles. The van der Waals surface area contributed by atoms with Crippen LogP contribution in [0.5, 0.6) is 6.01 Å². The molecule has 0 fully saturated rings. The zero-order valence-electron chi connectivity index (χ0n) is 13.6. The number of ether oxygens (including phenoxy) is 1. The second-order valence-electron chi connectivity index (χ2n) is 5.56. The number of aliphatic hydroxyl groups excluding tert-OH is 1. The van der Waals surface area contributed by atoms with Crippen LogP contribution in [0.4, 0.5) is 0 Å². The lowest BCUT2D eigenvalue weighted by molar-refractivity contribution is 0.109. The first-order chi connectivity index (χ1) is 11.2. The molecular formula is C12H21N7O4S. The molecule has 5 N–H and O–H groups in total. The maximum atomic E-state index is 11.2. The third kappa shape index (κ3) is 4.91. The molecule has 0 aromatic carbocycles. The van der Waals surface area contributed by atoms with Crippen LogP contribution >= 0.6 is 0 Å². The monoisotopic (exact) mass is 359 g/mol. The summed E-state index contributed by atoms with van der Waals surface area (Å²) in [5.41, 5.74) is 7.15. The predicted molar refractivity (Wildman–Crippen MR) is 88.2 cm³/mol. The molecule has 1 unspecified atom stereocenters. The lowest BCUT2D eigenvalue weighted by atomic mass is 10.3. The van der Waals surface area contributed by atoms with E-state index in [0.29, 0.717) is 12.6 Å². The van der Waals surface area contributed by atoms with Crippen molar-refractivity contribution in [3.8, 4) is 6.01 Å². The number of aliphatic imine (C=N–C) groups is 1. The highest BCUT2D eigenvalue weighted by Gasteiger charge is 2.23. The van der Waals surface area contributed by atoms with Crippen molar-refractivity contribution in [3.63, 3.8) is 0 Å². The number of hydrogen-bond donors (Lipinski definition) is 4. The number of aliphatic hydroxyl groups is 1. The number of nitrogens with two attached hydrogens (primary N) is 1. The summed E-state index contributed by atoms with van der Waals surface area (Å²) in [6.45, 7) is 2.39. The van der Waals surface area contributed by atoms with Crippen LogP contribution in [0.1, 0.15) is 11.4 Å². The molecule has 2 rings (SSSR count). The van der Waals surface area contributed by atoms with Gasteiger partial charge in [-0.3, -0.25) is 4.99 Å². The van der Waals surface area contributed by atoms with Crippen LogP contribution in [-0.2, 0) is 16.8 Å². The molecule has 1 aromatic heterocycles. The van der Waals surface area contributed by atoms with Crippen LogP contribution in [0.3, 0.4) is 0 Å². The largest absolute Gasteiger partial charge is 0.462 e. The van der Waals surface area contributed by atoms with Gasteiger partial charge in [0.25, 0.3) is 6.01 Å². The van der Waals surface area contributed by atoms with E-state index in [9.17, 15) is 13.5 Å². The zero-order valence-corrected chi connectivity index (χ0v) is 14.5. The third-order valence-corrected chi connectivity index (χ3v) is 3.88. The van der Waals surface area contributed by atoms with Gasteiger partial charge in [-0.1, -0.05) is 0 Å². The molecule has 24 heavy (non-hydrogen) atoms. The minimum atomic E-state index is -3.81. The quantitative estimate of drug-likeness (QED) is 0.443. The van der Waals surface area contributed by atoms with E-state index < -0.39 is 16.3 Å². The highest BCUT2D eigenvalue weighted by Crippen LogP contribution is 2.12. The predicted octanol–water partition coefficient (Wildman–Crippen LogP) is -1.88. The lowest BCUT2D eigenvalue weighted by Gasteiger charge is -2.08. The van der Waals surface area contributed by atoms with Gasteiger partial charge in [-0.25, -0.2) is 4.72 Å².